The van der Waals surface area contributed by atoms with Gasteiger partial charge in [-0.25, -0.2) is 4.68 Å². The van der Waals surface area contributed by atoms with Crippen LogP contribution in [0.5, 0.6) is 0 Å². The smallest absolute Gasteiger partial charge is 0.222 e. The molecular weight excluding hydrogens is 372 g/mol. The highest BCUT2D eigenvalue weighted by atomic mass is 16.2. The lowest BCUT2D eigenvalue weighted by molar-refractivity contribution is -0.131. The summed E-state index contributed by atoms with van der Waals surface area (Å²) in [5.41, 5.74) is 5.78. The van der Waals surface area contributed by atoms with E-state index in [1.807, 2.05) is 33.8 Å². The summed E-state index contributed by atoms with van der Waals surface area (Å²) in [6.07, 6.45) is 2.49. The Bertz CT molecular complexity index is 973. The molecule has 5 nitrogen and oxygen atoms in total. The van der Waals surface area contributed by atoms with Crippen molar-refractivity contribution in [1.29, 1.82) is 0 Å². The first kappa shape index (κ1) is 20.2. The van der Waals surface area contributed by atoms with Crippen LogP contribution in [0.2, 0.25) is 0 Å². The summed E-state index contributed by atoms with van der Waals surface area (Å²) in [5, 5.41) is 4.77. The predicted octanol–water partition coefficient (Wildman–Crippen LogP) is 4.16. The number of hydrogen-bond acceptors (Lipinski definition) is 3. The molecule has 1 amide bonds. The normalized spacial score (nSPS) is 14.2. The average Bonchev–Trinajstić information content (AvgIpc) is 3.09. The molecule has 1 fully saturated rings. The number of aromatic nitrogens is 2. The summed E-state index contributed by atoms with van der Waals surface area (Å²) in [5.74, 6) is 0.277. The van der Waals surface area contributed by atoms with Crippen molar-refractivity contribution in [3.05, 3.63) is 77.6 Å². The molecule has 156 valence electrons. The lowest BCUT2D eigenvalue weighted by Gasteiger charge is -2.36. The molecule has 4 rings (SSSR count). The Balaban J connectivity index is 1.33. The molecule has 0 aliphatic carbocycles. The van der Waals surface area contributed by atoms with E-state index in [0.717, 1.165) is 56.1 Å². The van der Waals surface area contributed by atoms with Gasteiger partial charge in [-0.3, -0.25) is 4.79 Å². The third-order valence-electron chi connectivity index (χ3n) is 5.90. The quantitative estimate of drug-likeness (QED) is 0.622. The Hall–Kier alpha value is -3.08. The minimum absolute atomic E-state index is 0.277. The number of rotatable bonds is 6. The number of hydrogen-bond donors (Lipinski definition) is 0. The van der Waals surface area contributed by atoms with Crippen molar-refractivity contribution in [1.82, 2.24) is 14.7 Å². The maximum atomic E-state index is 12.6. The molecule has 1 saturated heterocycles. The van der Waals surface area contributed by atoms with Crippen molar-refractivity contribution in [2.24, 2.45) is 0 Å². The van der Waals surface area contributed by atoms with Crippen molar-refractivity contribution in [3.63, 3.8) is 0 Å². The van der Waals surface area contributed by atoms with Crippen LogP contribution < -0.4 is 4.90 Å². The fourth-order valence-electron chi connectivity index (χ4n) is 4.34. The fourth-order valence-corrected chi connectivity index (χ4v) is 4.34. The van der Waals surface area contributed by atoms with Gasteiger partial charge in [0.2, 0.25) is 5.91 Å². The summed E-state index contributed by atoms with van der Waals surface area (Å²) in [7, 11) is 0. The molecule has 0 saturated carbocycles. The van der Waals surface area contributed by atoms with Crippen LogP contribution in [0.3, 0.4) is 0 Å². The molecule has 30 heavy (non-hydrogen) atoms. The van der Waals surface area contributed by atoms with Gasteiger partial charge in [0.05, 0.1) is 22.8 Å². The number of carbonyl (C=O) groups is 1. The van der Waals surface area contributed by atoms with Gasteiger partial charge in [-0.2, -0.15) is 5.10 Å². The molecule has 0 bridgehead atoms. The largest absolute Gasteiger partial charge is 0.365 e. The third kappa shape index (κ3) is 4.40. The van der Waals surface area contributed by atoms with Crippen LogP contribution in [0.15, 0.2) is 60.7 Å². The van der Waals surface area contributed by atoms with Gasteiger partial charge in [0.1, 0.15) is 0 Å². The van der Waals surface area contributed by atoms with Crippen molar-refractivity contribution in [2.45, 2.75) is 33.1 Å². The summed E-state index contributed by atoms with van der Waals surface area (Å²) < 4.78 is 2.02. The van der Waals surface area contributed by atoms with E-state index in [4.69, 9.17) is 5.10 Å². The van der Waals surface area contributed by atoms with Crippen LogP contribution in [-0.2, 0) is 11.2 Å². The van der Waals surface area contributed by atoms with E-state index in [0.29, 0.717) is 6.42 Å². The molecule has 2 heterocycles. The predicted molar refractivity (Wildman–Crippen MR) is 121 cm³/mol. The molecular formula is C25H30N4O. The molecule has 0 atom stereocenters. The van der Waals surface area contributed by atoms with Gasteiger partial charge in [-0.1, -0.05) is 48.5 Å². The average molecular weight is 403 g/mol. The Morgan fingerprint density at radius 3 is 2.20 bits per heavy atom. The molecule has 1 aromatic heterocycles. The van der Waals surface area contributed by atoms with Crippen molar-refractivity contribution < 1.29 is 4.79 Å². The summed E-state index contributed by atoms with van der Waals surface area (Å²) in [6, 6.07) is 20.6. The van der Waals surface area contributed by atoms with Crippen molar-refractivity contribution in [3.8, 4) is 5.69 Å². The van der Waals surface area contributed by atoms with Gasteiger partial charge >= 0.3 is 0 Å². The van der Waals surface area contributed by atoms with Gasteiger partial charge in [-0.05, 0) is 44.4 Å². The van der Waals surface area contributed by atoms with Gasteiger partial charge in [0, 0.05) is 32.6 Å². The van der Waals surface area contributed by atoms with E-state index < -0.39 is 0 Å². The van der Waals surface area contributed by atoms with Gasteiger partial charge in [-0.15, -0.1) is 0 Å². The van der Waals surface area contributed by atoms with Crippen LogP contribution in [0.4, 0.5) is 5.69 Å². The van der Waals surface area contributed by atoms with Crippen LogP contribution in [0, 0.1) is 13.8 Å². The SMILES string of the molecule is Cc1nn(-c2ccccc2)c(C)c1N1CCN(C(=O)CCCc2ccccc2)CC1. The Morgan fingerprint density at radius 2 is 1.53 bits per heavy atom. The highest BCUT2D eigenvalue weighted by molar-refractivity contribution is 5.76. The first-order chi connectivity index (χ1) is 14.6. The fraction of sp³-hybridized carbons (Fsp3) is 0.360. The van der Waals surface area contributed by atoms with Crippen LogP contribution in [-0.4, -0.2) is 46.8 Å². The second kappa shape index (κ2) is 9.16. The molecule has 3 aromatic rings. The van der Waals surface area contributed by atoms with Crippen LogP contribution in [0.1, 0.15) is 29.8 Å². The molecule has 0 N–H and O–H groups in total. The van der Waals surface area contributed by atoms with Crippen molar-refractivity contribution in [2.75, 3.05) is 31.1 Å². The zero-order valence-electron chi connectivity index (χ0n) is 17.9. The second-order valence-corrected chi connectivity index (χ2v) is 7.97. The molecule has 0 spiro atoms. The first-order valence-corrected chi connectivity index (χ1v) is 10.8. The number of aryl methyl sites for hydroxylation is 2. The topological polar surface area (TPSA) is 41.4 Å². The standard InChI is InChI=1S/C25H30N4O/c1-20-25(21(2)29(26-20)23-13-7-4-8-14-23)28-18-16-27(17-19-28)24(30)15-9-12-22-10-5-3-6-11-22/h3-8,10-11,13-14H,9,12,15-19H2,1-2H3. The Kier molecular flexibility index (Phi) is 6.17. The highest BCUT2D eigenvalue weighted by Crippen LogP contribution is 2.27. The first-order valence-electron chi connectivity index (χ1n) is 10.8. The van der Waals surface area contributed by atoms with Crippen LogP contribution in [0.25, 0.3) is 5.69 Å². The molecule has 0 unspecified atom stereocenters. The molecule has 2 aromatic carbocycles. The zero-order chi connectivity index (χ0) is 20.9. The van der Waals surface area contributed by atoms with E-state index >= 15 is 0 Å². The van der Waals surface area contributed by atoms with E-state index in [1.54, 1.807) is 0 Å². The zero-order valence-corrected chi connectivity index (χ0v) is 17.9. The maximum absolute atomic E-state index is 12.6. The lowest BCUT2D eigenvalue weighted by Crippen LogP contribution is -2.49. The van der Waals surface area contributed by atoms with Gasteiger partial charge in [0.25, 0.3) is 0 Å². The van der Waals surface area contributed by atoms with E-state index in [-0.39, 0.29) is 5.91 Å². The Morgan fingerprint density at radius 1 is 0.900 bits per heavy atom. The second-order valence-electron chi connectivity index (χ2n) is 7.97. The van der Waals surface area contributed by atoms with Gasteiger partial charge in [0.15, 0.2) is 0 Å². The highest BCUT2D eigenvalue weighted by Gasteiger charge is 2.25. The maximum Gasteiger partial charge on any atom is 0.222 e. The number of para-hydroxylation sites is 1. The van der Waals surface area contributed by atoms with E-state index in [2.05, 4.69) is 55.1 Å². The monoisotopic (exact) mass is 402 g/mol. The number of anilines is 1. The molecule has 1 aliphatic heterocycles. The van der Waals surface area contributed by atoms with Crippen molar-refractivity contribution >= 4 is 11.6 Å². The van der Waals surface area contributed by atoms with E-state index in [1.165, 1.54) is 11.3 Å². The summed E-state index contributed by atoms with van der Waals surface area (Å²) in [4.78, 5) is 17.0. The molecule has 5 heteroatoms. The summed E-state index contributed by atoms with van der Waals surface area (Å²) >= 11 is 0. The minimum atomic E-state index is 0.277. The Labute approximate surface area is 178 Å². The number of piperazine rings is 1. The van der Waals surface area contributed by atoms with E-state index in [9.17, 15) is 4.79 Å². The summed E-state index contributed by atoms with van der Waals surface area (Å²) in [6.45, 7) is 7.46. The molecule has 0 radical (unpaired) electrons. The third-order valence-corrected chi connectivity index (χ3v) is 5.90. The van der Waals surface area contributed by atoms with Gasteiger partial charge < -0.3 is 9.80 Å². The number of nitrogens with zero attached hydrogens (tertiary/aromatic N) is 4. The lowest BCUT2D eigenvalue weighted by atomic mass is 10.1. The number of benzene rings is 2. The number of amides is 1. The molecule has 1 aliphatic rings. The van der Waals surface area contributed by atoms with Crippen LogP contribution >= 0.6 is 0 Å². The minimum Gasteiger partial charge on any atom is -0.365 e. The number of carbonyl (C=O) groups excluding carboxylic acids is 1.